The van der Waals surface area contributed by atoms with Crippen molar-refractivity contribution >= 4 is 38.9 Å². The Labute approximate surface area is 162 Å². The molecule has 1 N–H and O–H groups in total. The van der Waals surface area contributed by atoms with Crippen LogP contribution in [0, 0.1) is 5.82 Å². The maximum absolute atomic E-state index is 13.5. The number of nitrogens with one attached hydrogen (secondary N) is 1. The normalized spacial score (nSPS) is 12.3. The number of carbonyl (C=O) groups is 1. The number of hydrogen-bond acceptors (Lipinski definition) is 4. The highest BCUT2D eigenvalue weighted by atomic mass is 35.5. The van der Waals surface area contributed by atoms with E-state index in [1.807, 2.05) is 0 Å². The summed E-state index contributed by atoms with van der Waals surface area (Å²) in [5.41, 5.74) is 0.514. The fraction of sp³-hybridized carbons (Fsp3) is 0.278. The Hall–Kier alpha value is -2.32. The van der Waals surface area contributed by atoms with Crippen LogP contribution in [0.1, 0.15) is 13.3 Å². The van der Waals surface area contributed by atoms with E-state index in [4.69, 9.17) is 16.3 Å². The van der Waals surface area contributed by atoms with Crippen LogP contribution in [0.15, 0.2) is 42.5 Å². The van der Waals surface area contributed by atoms with Crippen LogP contribution in [0.2, 0.25) is 5.02 Å². The Morgan fingerprint density at radius 3 is 2.52 bits per heavy atom. The zero-order valence-electron chi connectivity index (χ0n) is 15.1. The zero-order valence-corrected chi connectivity index (χ0v) is 16.6. The number of methoxy groups -OCH3 is 1. The number of sulfonamides is 1. The molecule has 0 bridgehead atoms. The number of rotatable bonds is 7. The maximum Gasteiger partial charge on any atom is 0.248 e. The standard InChI is InChI=1S/C18H20ClFN2O4S/c1-4-16(18(23)21-15-7-5-6-8-17(15)26-2)22(27(3,24)25)12-9-10-14(20)13(19)11-12/h5-11,16H,4H2,1-3H3,(H,21,23). The summed E-state index contributed by atoms with van der Waals surface area (Å²) in [5, 5.41) is 2.45. The molecule has 0 heterocycles. The molecule has 0 aromatic heterocycles. The third kappa shape index (κ3) is 4.90. The van der Waals surface area contributed by atoms with Gasteiger partial charge in [-0.15, -0.1) is 0 Å². The maximum atomic E-state index is 13.5. The number of halogens is 2. The van der Waals surface area contributed by atoms with Gasteiger partial charge >= 0.3 is 0 Å². The summed E-state index contributed by atoms with van der Waals surface area (Å²) < 4.78 is 44.4. The predicted molar refractivity (Wildman–Crippen MR) is 104 cm³/mol. The monoisotopic (exact) mass is 414 g/mol. The molecule has 2 aromatic rings. The summed E-state index contributed by atoms with van der Waals surface area (Å²) in [5.74, 6) is -0.787. The molecule has 0 aliphatic heterocycles. The summed E-state index contributed by atoms with van der Waals surface area (Å²) >= 11 is 5.79. The lowest BCUT2D eigenvalue weighted by Crippen LogP contribution is -2.47. The lowest BCUT2D eigenvalue weighted by Gasteiger charge is -2.30. The van der Waals surface area contributed by atoms with Gasteiger partial charge in [-0.05, 0) is 36.8 Å². The van der Waals surface area contributed by atoms with E-state index in [0.717, 1.165) is 16.6 Å². The highest BCUT2D eigenvalue weighted by molar-refractivity contribution is 7.92. The van der Waals surface area contributed by atoms with Crippen molar-refractivity contribution in [3.8, 4) is 5.75 Å². The van der Waals surface area contributed by atoms with Crippen LogP contribution in [0.25, 0.3) is 0 Å². The smallest absolute Gasteiger partial charge is 0.248 e. The molecule has 0 spiro atoms. The minimum atomic E-state index is -3.85. The number of carbonyl (C=O) groups excluding carboxylic acids is 1. The van der Waals surface area contributed by atoms with Crippen molar-refractivity contribution in [3.05, 3.63) is 53.3 Å². The highest BCUT2D eigenvalue weighted by Gasteiger charge is 2.32. The van der Waals surface area contributed by atoms with Crippen molar-refractivity contribution in [2.75, 3.05) is 23.0 Å². The number of amides is 1. The number of anilines is 2. The molecule has 0 aliphatic carbocycles. The number of benzene rings is 2. The summed E-state index contributed by atoms with van der Waals surface area (Å²) in [6.07, 6.45) is 1.16. The first-order chi connectivity index (χ1) is 12.7. The second-order valence-electron chi connectivity index (χ2n) is 5.77. The Bertz CT molecular complexity index is 937. The van der Waals surface area contributed by atoms with E-state index < -0.39 is 27.8 Å². The molecule has 146 valence electrons. The van der Waals surface area contributed by atoms with Gasteiger partial charge in [0.15, 0.2) is 0 Å². The van der Waals surface area contributed by atoms with Gasteiger partial charge in [-0.25, -0.2) is 12.8 Å². The van der Waals surface area contributed by atoms with Gasteiger partial charge in [0.05, 0.1) is 29.8 Å². The second kappa shape index (κ2) is 8.58. The first-order valence-electron chi connectivity index (χ1n) is 8.07. The van der Waals surface area contributed by atoms with E-state index in [9.17, 15) is 17.6 Å². The van der Waals surface area contributed by atoms with Gasteiger partial charge < -0.3 is 10.1 Å². The van der Waals surface area contributed by atoms with Crippen LogP contribution < -0.4 is 14.4 Å². The number of hydrogen-bond donors (Lipinski definition) is 1. The molecule has 9 heteroatoms. The van der Waals surface area contributed by atoms with E-state index in [2.05, 4.69) is 5.32 Å². The van der Waals surface area contributed by atoms with Crippen LogP contribution in [0.4, 0.5) is 15.8 Å². The lowest BCUT2D eigenvalue weighted by molar-refractivity contribution is -0.117. The Morgan fingerprint density at radius 1 is 1.30 bits per heavy atom. The van der Waals surface area contributed by atoms with E-state index in [1.54, 1.807) is 31.2 Å². The molecule has 0 aliphatic rings. The van der Waals surface area contributed by atoms with Crippen molar-refractivity contribution in [2.45, 2.75) is 19.4 Å². The third-order valence-electron chi connectivity index (χ3n) is 3.85. The summed E-state index contributed by atoms with van der Waals surface area (Å²) in [6.45, 7) is 1.68. The van der Waals surface area contributed by atoms with Crippen molar-refractivity contribution in [1.29, 1.82) is 0 Å². The van der Waals surface area contributed by atoms with Crippen LogP contribution in [0.3, 0.4) is 0 Å². The average molecular weight is 415 g/mol. The molecular formula is C18H20ClFN2O4S. The van der Waals surface area contributed by atoms with E-state index >= 15 is 0 Å². The minimum absolute atomic E-state index is 0.103. The third-order valence-corrected chi connectivity index (χ3v) is 5.32. The van der Waals surface area contributed by atoms with Crippen LogP contribution in [0.5, 0.6) is 5.75 Å². The van der Waals surface area contributed by atoms with E-state index in [1.165, 1.54) is 19.2 Å². The Morgan fingerprint density at radius 2 is 1.96 bits per heavy atom. The molecule has 1 atom stereocenters. The Balaban J connectivity index is 2.43. The number of nitrogens with zero attached hydrogens (tertiary/aromatic N) is 1. The molecule has 6 nitrogen and oxygen atoms in total. The average Bonchev–Trinajstić information content (AvgIpc) is 2.61. The molecule has 2 aromatic carbocycles. The van der Waals surface area contributed by atoms with E-state index in [-0.39, 0.29) is 17.1 Å². The lowest BCUT2D eigenvalue weighted by atomic mass is 10.1. The number of para-hydroxylation sites is 2. The van der Waals surface area contributed by atoms with Crippen molar-refractivity contribution in [1.82, 2.24) is 0 Å². The van der Waals surface area contributed by atoms with Crippen LogP contribution >= 0.6 is 11.6 Å². The SMILES string of the molecule is CCC(C(=O)Nc1ccccc1OC)N(c1ccc(F)c(Cl)c1)S(C)(=O)=O. The van der Waals surface area contributed by atoms with Crippen molar-refractivity contribution in [2.24, 2.45) is 0 Å². The van der Waals surface area contributed by atoms with Gasteiger partial charge in [0.25, 0.3) is 0 Å². The van der Waals surface area contributed by atoms with Crippen LogP contribution in [-0.2, 0) is 14.8 Å². The largest absolute Gasteiger partial charge is 0.495 e. The molecule has 0 saturated heterocycles. The van der Waals surface area contributed by atoms with Gasteiger partial charge in [0, 0.05) is 0 Å². The minimum Gasteiger partial charge on any atom is -0.495 e. The molecule has 0 fully saturated rings. The van der Waals surface area contributed by atoms with Gasteiger partial charge in [0.2, 0.25) is 15.9 Å². The van der Waals surface area contributed by atoms with Gasteiger partial charge in [-0.2, -0.15) is 0 Å². The Kier molecular flexibility index (Phi) is 6.67. The van der Waals surface area contributed by atoms with Gasteiger partial charge in [0.1, 0.15) is 17.6 Å². The van der Waals surface area contributed by atoms with Crippen LogP contribution in [-0.4, -0.2) is 33.7 Å². The fourth-order valence-electron chi connectivity index (χ4n) is 2.65. The quantitative estimate of drug-likeness (QED) is 0.750. The van der Waals surface area contributed by atoms with Gasteiger partial charge in [-0.1, -0.05) is 30.7 Å². The summed E-state index contributed by atoms with van der Waals surface area (Å²) in [7, 11) is -2.39. The number of ether oxygens (including phenoxy) is 1. The molecule has 2 rings (SSSR count). The summed E-state index contributed by atoms with van der Waals surface area (Å²) in [6, 6.07) is 9.21. The molecular weight excluding hydrogens is 395 g/mol. The topological polar surface area (TPSA) is 75.7 Å². The molecule has 1 unspecified atom stereocenters. The van der Waals surface area contributed by atoms with Crippen molar-refractivity contribution in [3.63, 3.8) is 0 Å². The highest BCUT2D eigenvalue weighted by Crippen LogP contribution is 2.29. The first-order valence-corrected chi connectivity index (χ1v) is 10.3. The van der Waals surface area contributed by atoms with Gasteiger partial charge in [-0.3, -0.25) is 9.10 Å². The second-order valence-corrected chi connectivity index (χ2v) is 8.04. The molecule has 1 amide bonds. The van der Waals surface area contributed by atoms with Crippen molar-refractivity contribution < 1.29 is 22.3 Å². The summed E-state index contributed by atoms with van der Waals surface area (Å²) in [4.78, 5) is 12.8. The molecule has 0 radical (unpaired) electrons. The molecule has 0 saturated carbocycles. The zero-order chi connectivity index (χ0) is 20.2. The first kappa shape index (κ1) is 21.0. The van der Waals surface area contributed by atoms with E-state index in [0.29, 0.717) is 11.4 Å². The predicted octanol–water partition coefficient (Wildman–Crippen LogP) is 3.67. The fourth-order valence-corrected chi connectivity index (χ4v) is 4.02. The molecule has 27 heavy (non-hydrogen) atoms.